The van der Waals surface area contributed by atoms with E-state index in [-0.39, 0.29) is 5.92 Å². The number of benzene rings is 1. The average molecular weight is 422 g/mol. The van der Waals surface area contributed by atoms with Crippen LogP contribution in [0, 0.1) is 6.92 Å². The standard InChI is InChI=1S/C25H27NOS2/c1-3-4-6-18-9-11-19(12-10-18)25-23(24(27)20-7-5-14-26-15-20)21(16-28-25)22-13-8-17(2)29-22/h5,7-15,21,24,27H,3-4,6,16H2,1-2H3. The van der Waals surface area contributed by atoms with Gasteiger partial charge in [0.25, 0.3) is 0 Å². The molecular formula is C25H27NOS2. The van der Waals surface area contributed by atoms with Gasteiger partial charge in [-0.25, -0.2) is 0 Å². The van der Waals surface area contributed by atoms with Gasteiger partial charge in [-0.15, -0.1) is 23.1 Å². The molecule has 0 aliphatic carbocycles. The predicted octanol–water partition coefficient (Wildman–Crippen LogP) is 6.77. The fourth-order valence-corrected chi connectivity index (χ4v) is 6.38. The summed E-state index contributed by atoms with van der Waals surface area (Å²) in [6.45, 7) is 4.38. The molecule has 0 radical (unpaired) electrons. The number of aliphatic hydroxyl groups is 1. The number of rotatable bonds is 7. The molecule has 1 aliphatic rings. The lowest BCUT2D eigenvalue weighted by Crippen LogP contribution is -2.09. The largest absolute Gasteiger partial charge is 0.384 e. The number of thiophene rings is 1. The number of unbranched alkanes of at least 4 members (excludes halogenated alkanes) is 1. The number of thioether (sulfide) groups is 1. The summed E-state index contributed by atoms with van der Waals surface area (Å²) >= 11 is 3.70. The van der Waals surface area contributed by atoms with Crippen molar-refractivity contribution in [3.05, 3.63) is 92.9 Å². The molecule has 0 saturated carbocycles. The van der Waals surface area contributed by atoms with Crippen LogP contribution in [0.1, 0.15) is 58.2 Å². The maximum absolute atomic E-state index is 11.4. The number of hydrogen-bond donors (Lipinski definition) is 1. The molecule has 0 fully saturated rings. The lowest BCUT2D eigenvalue weighted by atomic mass is 9.89. The van der Waals surface area contributed by atoms with Crippen LogP contribution >= 0.6 is 23.1 Å². The molecule has 4 rings (SSSR count). The van der Waals surface area contributed by atoms with Gasteiger partial charge in [0.05, 0.1) is 0 Å². The van der Waals surface area contributed by atoms with Crippen molar-refractivity contribution in [3.63, 3.8) is 0 Å². The first-order valence-electron chi connectivity index (χ1n) is 10.3. The minimum Gasteiger partial charge on any atom is -0.384 e. The molecule has 0 amide bonds. The van der Waals surface area contributed by atoms with Gasteiger partial charge in [0.1, 0.15) is 6.10 Å². The molecule has 150 valence electrons. The Morgan fingerprint density at radius 3 is 2.62 bits per heavy atom. The van der Waals surface area contributed by atoms with E-state index in [0.717, 1.165) is 23.3 Å². The SMILES string of the molecule is CCCCc1ccc(C2=C(C(O)c3cccnc3)C(c3ccc(C)s3)CS2)cc1. The van der Waals surface area contributed by atoms with Crippen LogP contribution in [0.15, 0.2) is 66.5 Å². The van der Waals surface area contributed by atoms with Crippen molar-refractivity contribution >= 4 is 28.0 Å². The van der Waals surface area contributed by atoms with E-state index < -0.39 is 6.10 Å². The monoisotopic (exact) mass is 421 g/mol. The molecule has 29 heavy (non-hydrogen) atoms. The average Bonchev–Trinajstić information content (AvgIpc) is 3.39. The van der Waals surface area contributed by atoms with Crippen LogP contribution in [0.2, 0.25) is 0 Å². The lowest BCUT2D eigenvalue weighted by molar-refractivity contribution is 0.210. The third kappa shape index (κ3) is 4.50. The van der Waals surface area contributed by atoms with Crippen LogP contribution in [0.4, 0.5) is 0 Å². The highest BCUT2D eigenvalue weighted by molar-refractivity contribution is 8.08. The predicted molar refractivity (Wildman–Crippen MR) is 125 cm³/mol. The highest BCUT2D eigenvalue weighted by Crippen LogP contribution is 2.52. The maximum Gasteiger partial charge on any atom is 0.104 e. The Bertz CT molecular complexity index is 976. The number of hydrogen-bond acceptors (Lipinski definition) is 4. The summed E-state index contributed by atoms with van der Waals surface area (Å²) in [5.41, 5.74) is 4.58. The topological polar surface area (TPSA) is 33.1 Å². The number of aromatic nitrogens is 1. The van der Waals surface area contributed by atoms with Crippen molar-refractivity contribution in [3.8, 4) is 0 Å². The van der Waals surface area contributed by atoms with E-state index in [4.69, 9.17) is 0 Å². The van der Waals surface area contributed by atoms with Crippen LogP contribution < -0.4 is 0 Å². The Labute approximate surface area is 181 Å². The quantitative estimate of drug-likeness (QED) is 0.457. The second-order valence-electron chi connectivity index (χ2n) is 7.59. The minimum atomic E-state index is -0.638. The van der Waals surface area contributed by atoms with Crippen LogP contribution in [-0.2, 0) is 6.42 Å². The first kappa shape index (κ1) is 20.4. The molecule has 4 heteroatoms. The van der Waals surface area contributed by atoms with Crippen molar-refractivity contribution in [2.75, 3.05) is 5.75 Å². The molecule has 1 aromatic carbocycles. The zero-order chi connectivity index (χ0) is 20.2. The van der Waals surface area contributed by atoms with Gasteiger partial charge in [-0.2, -0.15) is 0 Å². The highest BCUT2D eigenvalue weighted by Gasteiger charge is 2.34. The van der Waals surface area contributed by atoms with Crippen molar-refractivity contribution in [1.29, 1.82) is 0 Å². The Morgan fingerprint density at radius 2 is 1.97 bits per heavy atom. The lowest BCUT2D eigenvalue weighted by Gasteiger charge is -2.20. The summed E-state index contributed by atoms with van der Waals surface area (Å²) in [5.74, 6) is 1.21. The van der Waals surface area contributed by atoms with Crippen LogP contribution in [0.5, 0.6) is 0 Å². The van der Waals surface area contributed by atoms with E-state index in [1.165, 1.54) is 38.6 Å². The van der Waals surface area contributed by atoms with Gasteiger partial charge < -0.3 is 5.11 Å². The van der Waals surface area contributed by atoms with Crippen molar-refractivity contribution in [2.24, 2.45) is 0 Å². The zero-order valence-electron chi connectivity index (χ0n) is 17.0. The van der Waals surface area contributed by atoms with E-state index in [9.17, 15) is 5.11 Å². The van der Waals surface area contributed by atoms with Crippen LogP contribution in [0.25, 0.3) is 4.91 Å². The molecule has 2 atom stereocenters. The molecule has 2 unspecified atom stereocenters. The molecule has 1 aliphatic heterocycles. The summed E-state index contributed by atoms with van der Waals surface area (Å²) in [6, 6.07) is 17.2. The molecule has 2 aromatic heterocycles. The summed E-state index contributed by atoms with van der Waals surface area (Å²) in [5, 5.41) is 11.4. The second-order valence-corrected chi connectivity index (χ2v) is 9.94. The Morgan fingerprint density at radius 1 is 1.14 bits per heavy atom. The van der Waals surface area contributed by atoms with Crippen LogP contribution in [0.3, 0.4) is 0 Å². The third-order valence-corrected chi connectivity index (χ3v) is 7.84. The van der Waals surface area contributed by atoms with E-state index in [1.54, 1.807) is 12.4 Å². The fourth-order valence-electron chi connectivity index (χ4n) is 3.86. The fraction of sp³-hybridized carbons (Fsp3) is 0.320. The first-order valence-corrected chi connectivity index (χ1v) is 12.1. The molecule has 0 spiro atoms. The highest BCUT2D eigenvalue weighted by atomic mass is 32.2. The normalized spacial score (nSPS) is 17.7. The van der Waals surface area contributed by atoms with E-state index in [1.807, 2.05) is 35.2 Å². The minimum absolute atomic E-state index is 0.240. The molecule has 0 saturated heterocycles. The Hall–Kier alpha value is -1.88. The number of aryl methyl sites for hydroxylation is 2. The smallest absolute Gasteiger partial charge is 0.104 e. The Balaban J connectivity index is 1.74. The first-order chi connectivity index (χ1) is 14.2. The molecular weight excluding hydrogens is 394 g/mol. The molecule has 0 bridgehead atoms. The van der Waals surface area contributed by atoms with Gasteiger partial charge in [-0.05, 0) is 54.7 Å². The molecule has 1 N–H and O–H groups in total. The summed E-state index contributed by atoms with van der Waals surface area (Å²) in [7, 11) is 0. The van der Waals surface area contributed by atoms with Gasteiger partial charge in [0, 0.05) is 44.3 Å². The molecule has 3 heterocycles. The third-order valence-electron chi connectivity index (χ3n) is 5.47. The number of pyridine rings is 1. The van der Waals surface area contributed by atoms with Crippen molar-refractivity contribution in [1.82, 2.24) is 4.98 Å². The van der Waals surface area contributed by atoms with Gasteiger partial charge in [-0.1, -0.05) is 43.7 Å². The number of nitrogens with zero attached hydrogens (tertiary/aromatic N) is 1. The van der Waals surface area contributed by atoms with Crippen molar-refractivity contribution in [2.45, 2.75) is 45.1 Å². The zero-order valence-corrected chi connectivity index (χ0v) is 18.6. The summed E-state index contributed by atoms with van der Waals surface area (Å²) in [4.78, 5) is 8.10. The van der Waals surface area contributed by atoms with E-state index >= 15 is 0 Å². The van der Waals surface area contributed by atoms with Gasteiger partial charge in [-0.3, -0.25) is 4.98 Å². The molecule has 2 nitrogen and oxygen atoms in total. The Kier molecular flexibility index (Phi) is 6.53. The van der Waals surface area contributed by atoms with Gasteiger partial charge >= 0.3 is 0 Å². The maximum atomic E-state index is 11.4. The summed E-state index contributed by atoms with van der Waals surface area (Å²) < 4.78 is 0. The summed E-state index contributed by atoms with van der Waals surface area (Å²) in [6.07, 6.45) is 6.46. The van der Waals surface area contributed by atoms with E-state index in [0.29, 0.717) is 0 Å². The van der Waals surface area contributed by atoms with Crippen molar-refractivity contribution < 1.29 is 5.11 Å². The molecule has 3 aromatic rings. The number of aliphatic hydroxyl groups excluding tert-OH is 1. The van der Waals surface area contributed by atoms with Gasteiger partial charge in [0.15, 0.2) is 0 Å². The van der Waals surface area contributed by atoms with Crippen LogP contribution in [-0.4, -0.2) is 15.8 Å². The van der Waals surface area contributed by atoms with E-state index in [2.05, 4.69) is 55.2 Å². The second kappa shape index (κ2) is 9.29. The van der Waals surface area contributed by atoms with Gasteiger partial charge in [0.2, 0.25) is 0 Å².